The van der Waals surface area contributed by atoms with Crippen LogP contribution in [0.5, 0.6) is 0 Å². The van der Waals surface area contributed by atoms with Gasteiger partial charge in [0.05, 0.1) is 12.6 Å². The summed E-state index contributed by atoms with van der Waals surface area (Å²) in [7, 11) is 0. The molecule has 1 aliphatic rings. The van der Waals surface area contributed by atoms with Crippen LogP contribution in [-0.4, -0.2) is 41.1 Å². The van der Waals surface area contributed by atoms with E-state index in [-0.39, 0.29) is 24.6 Å². The highest BCUT2D eigenvalue weighted by atomic mass is 16.3. The largest absolute Gasteiger partial charge is 0.395 e. The van der Waals surface area contributed by atoms with Crippen LogP contribution in [0.25, 0.3) is 0 Å². The number of rotatable bonds is 4. The predicted molar refractivity (Wildman–Crippen MR) is 74.7 cm³/mol. The van der Waals surface area contributed by atoms with Gasteiger partial charge < -0.3 is 15.3 Å². The maximum absolute atomic E-state index is 12.5. The van der Waals surface area contributed by atoms with Gasteiger partial charge in [0.2, 0.25) is 5.91 Å². The summed E-state index contributed by atoms with van der Waals surface area (Å²) in [6, 6.07) is 8.15. The van der Waals surface area contributed by atoms with Crippen LogP contribution in [0, 0.1) is 0 Å². The van der Waals surface area contributed by atoms with Crippen molar-refractivity contribution in [2.75, 3.05) is 13.2 Å². The number of aliphatic hydroxyl groups is 1. The minimum absolute atomic E-state index is 0.00717. The average molecular weight is 262 g/mol. The molecule has 2 rings (SSSR count). The highest BCUT2D eigenvalue weighted by Crippen LogP contribution is 2.18. The molecule has 0 saturated carbocycles. The fourth-order valence-electron chi connectivity index (χ4n) is 2.56. The first-order chi connectivity index (χ1) is 9.13. The topological polar surface area (TPSA) is 52.6 Å². The first-order valence-electron chi connectivity index (χ1n) is 6.85. The normalized spacial score (nSPS) is 18.2. The maximum atomic E-state index is 12.5. The fraction of sp³-hybridized carbons (Fsp3) is 0.533. The smallest absolute Gasteiger partial charge is 0.240 e. The second-order valence-electron chi connectivity index (χ2n) is 5.26. The van der Waals surface area contributed by atoms with Crippen molar-refractivity contribution in [3.05, 3.63) is 35.4 Å². The van der Waals surface area contributed by atoms with Gasteiger partial charge in [0.25, 0.3) is 0 Å². The number of fused-ring (bicyclic) bond motifs is 1. The Bertz CT molecular complexity index is 446. The van der Waals surface area contributed by atoms with Crippen LogP contribution in [0.15, 0.2) is 24.3 Å². The molecule has 0 aliphatic carbocycles. The van der Waals surface area contributed by atoms with Gasteiger partial charge in [0.1, 0.15) is 0 Å². The number of nitrogens with one attached hydrogen (secondary N) is 1. The Hall–Kier alpha value is -1.39. The molecular formula is C15H22N2O2. The predicted octanol–water partition coefficient (Wildman–Crippen LogP) is 0.930. The third-order valence-corrected chi connectivity index (χ3v) is 3.63. The Balaban J connectivity index is 2.09. The molecule has 1 aliphatic heterocycles. The molecule has 0 fully saturated rings. The Labute approximate surface area is 114 Å². The first-order valence-corrected chi connectivity index (χ1v) is 6.85. The molecule has 1 aromatic carbocycles. The first kappa shape index (κ1) is 14.0. The summed E-state index contributed by atoms with van der Waals surface area (Å²) in [5, 5.41) is 12.4. The third kappa shape index (κ3) is 3.14. The van der Waals surface area contributed by atoms with Crippen molar-refractivity contribution in [2.24, 2.45) is 0 Å². The van der Waals surface area contributed by atoms with E-state index in [0.29, 0.717) is 6.54 Å². The van der Waals surface area contributed by atoms with E-state index in [0.717, 1.165) is 13.0 Å². The molecule has 1 heterocycles. The van der Waals surface area contributed by atoms with E-state index in [2.05, 4.69) is 17.4 Å². The van der Waals surface area contributed by atoms with Gasteiger partial charge in [-0.15, -0.1) is 0 Å². The highest BCUT2D eigenvalue weighted by molar-refractivity contribution is 5.82. The van der Waals surface area contributed by atoms with Gasteiger partial charge in [0, 0.05) is 19.1 Å². The Morgan fingerprint density at radius 3 is 2.74 bits per heavy atom. The van der Waals surface area contributed by atoms with Crippen LogP contribution in [-0.2, 0) is 17.8 Å². The summed E-state index contributed by atoms with van der Waals surface area (Å²) in [5.74, 6) is 0.0820. The number of amides is 1. The molecule has 1 atom stereocenters. The zero-order valence-corrected chi connectivity index (χ0v) is 11.6. The monoisotopic (exact) mass is 262 g/mol. The zero-order valence-electron chi connectivity index (χ0n) is 11.6. The van der Waals surface area contributed by atoms with Gasteiger partial charge in [-0.3, -0.25) is 4.79 Å². The van der Waals surface area contributed by atoms with Crippen LogP contribution >= 0.6 is 0 Å². The van der Waals surface area contributed by atoms with Gasteiger partial charge >= 0.3 is 0 Å². The van der Waals surface area contributed by atoms with Crippen molar-refractivity contribution >= 4 is 5.91 Å². The lowest BCUT2D eigenvalue weighted by molar-refractivity contribution is -0.135. The van der Waals surface area contributed by atoms with E-state index in [9.17, 15) is 4.79 Å². The quantitative estimate of drug-likeness (QED) is 0.849. The average Bonchev–Trinajstić information content (AvgIpc) is 2.43. The van der Waals surface area contributed by atoms with E-state index >= 15 is 0 Å². The minimum Gasteiger partial charge on any atom is -0.395 e. The van der Waals surface area contributed by atoms with Crippen molar-refractivity contribution < 1.29 is 9.90 Å². The molecule has 4 nitrogen and oxygen atoms in total. The molecule has 1 amide bonds. The molecule has 1 unspecified atom stereocenters. The van der Waals surface area contributed by atoms with Crippen LogP contribution in [0.4, 0.5) is 0 Å². The molecule has 0 aromatic heterocycles. The molecule has 0 spiro atoms. The molecule has 0 radical (unpaired) electrons. The van der Waals surface area contributed by atoms with E-state index in [1.54, 1.807) is 4.90 Å². The zero-order chi connectivity index (χ0) is 13.8. The van der Waals surface area contributed by atoms with Crippen LogP contribution in [0.3, 0.4) is 0 Å². The molecule has 1 aromatic rings. The van der Waals surface area contributed by atoms with Gasteiger partial charge in [0.15, 0.2) is 0 Å². The van der Waals surface area contributed by atoms with E-state index in [1.807, 2.05) is 26.0 Å². The van der Waals surface area contributed by atoms with Crippen LogP contribution < -0.4 is 5.32 Å². The molecule has 0 bridgehead atoms. The summed E-state index contributed by atoms with van der Waals surface area (Å²) in [5.41, 5.74) is 2.51. The molecule has 104 valence electrons. The van der Waals surface area contributed by atoms with E-state index in [4.69, 9.17) is 5.11 Å². The standard InChI is InChI=1S/C15H22N2O2/c1-11(2)17(7-8-18)15(19)14-9-12-5-3-4-6-13(12)10-16-14/h3-6,11,14,16,18H,7-10H2,1-2H3. The molecule has 0 saturated heterocycles. The molecule has 19 heavy (non-hydrogen) atoms. The molecule has 4 heteroatoms. The summed E-state index contributed by atoms with van der Waals surface area (Å²) in [6.07, 6.45) is 0.726. The minimum atomic E-state index is -0.177. The SMILES string of the molecule is CC(C)N(CCO)C(=O)C1Cc2ccccc2CN1. The number of carbonyl (C=O) groups excluding carboxylic acids is 1. The lowest BCUT2D eigenvalue weighted by Gasteiger charge is -2.33. The van der Waals surface area contributed by atoms with Gasteiger partial charge in [-0.05, 0) is 31.4 Å². The third-order valence-electron chi connectivity index (χ3n) is 3.63. The number of benzene rings is 1. The number of carbonyl (C=O) groups is 1. The van der Waals surface area contributed by atoms with E-state index < -0.39 is 0 Å². The van der Waals surface area contributed by atoms with Crippen LogP contribution in [0.2, 0.25) is 0 Å². The van der Waals surface area contributed by atoms with Crippen molar-refractivity contribution in [3.63, 3.8) is 0 Å². The number of hydrogen-bond acceptors (Lipinski definition) is 3. The molecule has 2 N–H and O–H groups in total. The number of aliphatic hydroxyl groups excluding tert-OH is 1. The summed E-state index contributed by atoms with van der Waals surface area (Å²) in [6.45, 7) is 5.09. The van der Waals surface area contributed by atoms with E-state index in [1.165, 1.54) is 11.1 Å². The van der Waals surface area contributed by atoms with Gasteiger partial charge in [-0.1, -0.05) is 24.3 Å². The van der Waals surface area contributed by atoms with Crippen molar-refractivity contribution in [1.82, 2.24) is 10.2 Å². The van der Waals surface area contributed by atoms with Crippen LogP contribution in [0.1, 0.15) is 25.0 Å². The number of hydrogen-bond donors (Lipinski definition) is 2. The number of nitrogens with zero attached hydrogens (tertiary/aromatic N) is 1. The van der Waals surface area contributed by atoms with Crippen molar-refractivity contribution in [3.8, 4) is 0 Å². The fourth-order valence-corrected chi connectivity index (χ4v) is 2.56. The van der Waals surface area contributed by atoms with Crippen molar-refractivity contribution in [2.45, 2.75) is 38.9 Å². The maximum Gasteiger partial charge on any atom is 0.240 e. The Kier molecular flexibility index (Phi) is 4.56. The summed E-state index contributed by atoms with van der Waals surface area (Å²) >= 11 is 0. The highest BCUT2D eigenvalue weighted by Gasteiger charge is 2.28. The Morgan fingerprint density at radius 1 is 1.42 bits per heavy atom. The Morgan fingerprint density at radius 2 is 2.11 bits per heavy atom. The molecular weight excluding hydrogens is 240 g/mol. The lowest BCUT2D eigenvalue weighted by Crippen LogP contribution is -2.52. The second-order valence-corrected chi connectivity index (χ2v) is 5.26. The second kappa shape index (κ2) is 6.17. The van der Waals surface area contributed by atoms with Crippen molar-refractivity contribution in [1.29, 1.82) is 0 Å². The van der Waals surface area contributed by atoms with Gasteiger partial charge in [-0.2, -0.15) is 0 Å². The lowest BCUT2D eigenvalue weighted by atomic mass is 9.95. The summed E-state index contributed by atoms with van der Waals surface area (Å²) in [4.78, 5) is 14.2. The van der Waals surface area contributed by atoms with Gasteiger partial charge in [-0.25, -0.2) is 0 Å². The summed E-state index contributed by atoms with van der Waals surface area (Å²) < 4.78 is 0.